The maximum atomic E-state index is 12.3. The smallest absolute Gasteiger partial charge is 0.335 e. The highest BCUT2D eigenvalue weighted by atomic mass is 19.1. The number of halogens is 1. The molecule has 5 heteroatoms. The van der Waals surface area contributed by atoms with Crippen LogP contribution in [-0.2, 0) is 20.7 Å². The topological polar surface area (TPSA) is 55.8 Å². The van der Waals surface area contributed by atoms with Crippen molar-refractivity contribution in [1.29, 1.82) is 0 Å². The molecule has 0 amide bonds. The number of hydrogen-bond acceptors (Lipinski definition) is 4. The van der Waals surface area contributed by atoms with Crippen LogP contribution in [0, 0.1) is 11.8 Å². The molecule has 4 nitrogen and oxygen atoms in total. The first-order valence-corrected chi connectivity index (χ1v) is 11.7. The molecule has 1 aliphatic carbocycles. The van der Waals surface area contributed by atoms with Gasteiger partial charge in [-0.15, -0.1) is 0 Å². The van der Waals surface area contributed by atoms with Crippen molar-refractivity contribution >= 4 is 5.97 Å². The molecule has 1 fully saturated rings. The molecule has 0 aliphatic heterocycles. The zero-order chi connectivity index (χ0) is 22.5. The maximum absolute atomic E-state index is 12.3. The second-order valence-corrected chi connectivity index (χ2v) is 8.86. The second kappa shape index (κ2) is 14.4. The van der Waals surface area contributed by atoms with E-state index >= 15 is 0 Å². The number of alkyl halides is 1. The Labute approximate surface area is 186 Å². The average molecular weight is 435 g/mol. The number of aryl methyl sites for hydroxylation is 1. The number of benzene rings is 1. The van der Waals surface area contributed by atoms with E-state index in [2.05, 4.69) is 30.8 Å². The molecule has 0 aromatic heterocycles. The molecule has 174 valence electrons. The van der Waals surface area contributed by atoms with Crippen LogP contribution in [0.15, 0.2) is 36.4 Å². The minimum atomic E-state index is -0.572. The lowest BCUT2D eigenvalue weighted by Gasteiger charge is -2.28. The van der Waals surface area contributed by atoms with Crippen molar-refractivity contribution in [2.75, 3.05) is 33.6 Å². The van der Waals surface area contributed by atoms with E-state index < -0.39 is 12.6 Å². The van der Waals surface area contributed by atoms with E-state index in [9.17, 15) is 9.18 Å². The summed E-state index contributed by atoms with van der Waals surface area (Å²) in [6, 6.07) is 8.51. The molecule has 1 aliphatic rings. The third-order valence-electron chi connectivity index (χ3n) is 6.52. The summed E-state index contributed by atoms with van der Waals surface area (Å²) < 4.78 is 22.8. The first kappa shape index (κ1) is 25.5. The summed E-state index contributed by atoms with van der Waals surface area (Å²) in [7, 11) is 1.63. The molecule has 1 N–H and O–H groups in total. The van der Waals surface area contributed by atoms with Gasteiger partial charge in [-0.05, 0) is 42.2 Å². The quantitative estimate of drug-likeness (QED) is 0.242. The number of methoxy groups -OCH3 is 1. The van der Waals surface area contributed by atoms with E-state index in [0.717, 1.165) is 36.7 Å². The van der Waals surface area contributed by atoms with Crippen molar-refractivity contribution in [2.45, 2.75) is 63.7 Å². The van der Waals surface area contributed by atoms with Gasteiger partial charge in [0.2, 0.25) is 0 Å². The van der Waals surface area contributed by atoms with E-state index in [1.165, 1.54) is 44.1 Å². The lowest BCUT2D eigenvalue weighted by Crippen LogP contribution is -2.18. The Morgan fingerprint density at radius 1 is 1.10 bits per heavy atom. The molecule has 1 aromatic carbocycles. The number of unbranched alkanes of at least 4 members (excludes halogenated alkanes) is 1. The number of carbonyl (C=O) groups excluding carboxylic acids is 1. The molecule has 0 bridgehead atoms. The fourth-order valence-electron chi connectivity index (χ4n) is 4.45. The van der Waals surface area contributed by atoms with Gasteiger partial charge in [0.05, 0.1) is 25.5 Å². The highest BCUT2D eigenvalue weighted by Crippen LogP contribution is 2.34. The van der Waals surface area contributed by atoms with Crippen molar-refractivity contribution in [3.63, 3.8) is 0 Å². The molecular formula is C26H39FO4. The predicted octanol–water partition coefficient (Wildman–Crippen LogP) is 5.39. The largest absolute Gasteiger partial charge is 0.462 e. The molecule has 1 aromatic rings. The summed E-state index contributed by atoms with van der Waals surface area (Å²) >= 11 is 0. The third kappa shape index (κ3) is 9.12. The van der Waals surface area contributed by atoms with Gasteiger partial charge in [-0.3, -0.25) is 4.39 Å². The van der Waals surface area contributed by atoms with Crippen LogP contribution >= 0.6 is 0 Å². The summed E-state index contributed by atoms with van der Waals surface area (Å²) in [5.74, 6) is 0.986. The van der Waals surface area contributed by atoms with Crippen LogP contribution in [0.4, 0.5) is 4.39 Å². The summed E-state index contributed by atoms with van der Waals surface area (Å²) in [4.78, 5) is 11.8. The van der Waals surface area contributed by atoms with Crippen LogP contribution in [0.5, 0.6) is 0 Å². The van der Waals surface area contributed by atoms with Crippen LogP contribution in [0.3, 0.4) is 0 Å². The number of hydrogen-bond donors (Lipinski definition) is 1. The average Bonchev–Trinajstić information content (AvgIpc) is 2.81. The fourth-order valence-corrected chi connectivity index (χ4v) is 4.45. The van der Waals surface area contributed by atoms with Crippen LogP contribution in [-0.4, -0.2) is 44.7 Å². The van der Waals surface area contributed by atoms with Crippen molar-refractivity contribution in [1.82, 2.24) is 0 Å². The van der Waals surface area contributed by atoms with E-state index in [-0.39, 0.29) is 24.8 Å². The summed E-state index contributed by atoms with van der Waals surface area (Å²) in [6.07, 6.45) is 10.5. The van der Waals surface area contributed by atoms with Crippen molar-refractivity contribution in [3.8, 4) is 0 Å². The van der Waals surface area contributed by atoms with Gasteiger partial charge < -0.3 is 14.6 Å². The van der Waals surface area contributed by atoms with Gasteiger partial charge in [-0.25, -0.2) is 4.79 Å². The molecule has 0 radical (unpaired) electrons. The second-order valence-electron chi connectivity index (χ2n) is 8.86. The van der Waals surface area contributed by atoms with Gasteiger partial charge in [0.25, 0.3) is 0 Å². The molecule has 31 heavy (non-hydrogen) atoms. The fraction of sp³-hybridized carbons (Fsp3) is 0.654. The predicted molar refractivity (Wildman–Crippen MR) is 122 cm³/mol. The van der Waals surface area contributed by atoms with E-state index in [1.54, 1.807) is 7.11 Å². The lowest BCUT2D eigenvalue weighted by molar-refractivity contribution is -0.140. The zero-order valence-electron chi connectivity index (χ0n) is 19.0. The normalized spacial score (nSPS) is 19.7. The van der Waals surface area contributed by atoms with Gasteiger partial charge in [0.1, 0.15) is 6.61 Å². The molecule has 0 spiro atoms. The standard InChI is InChI=1S/C26H39FO4/c1-20(17-28)26(29)31-19-25(18-30-2)24-14-12-23(13-15-24)11-10-22-8-6-21(7-9-22)5-3-4-16-27/h12-15,21-22,25,28H,1,3-11,16-19H2,2H3. The number of esters is 1. The Hall–Kier alpha value is -1.72. The minimum Gasteiger partial charge on any atom is -0.462 e. The van der Waals surface area contributed by atoms with E-state index in [4.69, 9.17) is 14.6 Å². The molecule has 1 unspecified atom stereocenters. The minimum absolute atomic E-state index is 0.0535. The highest BCUT2D eigenvalue weighted by Gasteiger charge is 2.21. The number of ether oxygens (including phenoxy) is 2. The third-order valence-corrected chi connectivity index (χ3v) is 6.52. The van der Waals surface area contributed by atoms with Gasteiger partial charge in [0, 0.05) is 13.0 Å². The van der Waals surface area contributed by atoms with E-state index in [1.807, 2.05) is 0 Å². The van der Waals surface area contributed by atoms with Crippen molar-refractivity contribution in [3.05, 3.63) is 47.5 Å². The summed E-state index contributed by atoms with van der Waals surface area (Å²) in [5, 5.41) is 8.99. The Morgan fingerprint density at radius 3 is 2.32 bits per heavy atom. The number of aliphatic hydroxyl groups is 1. The Balaban J connectivity index is 1.77. The Kier molecular flexibility index (Phi) is 11.8. The summed E-state index contributed by atoms with van der Waals surface area (Å²) in [5.41, 5.74) is 2.46. The van der Waals surface area contributed by atoms with Gasteiger partial charge >= 0.3 is 5.97 Å². The SMILES string of the molecule is C=C(CO)C(=O)OCC(COC)c1ccc(CCC2CCC(CCCCF)CC2)cc1. The number of rotatable bonds is 14. The lowest BCUT2D eigenvalue weighted by atomic mass is 9.78. The van der Waals surface area contributed by atoms with Crippen LogP contribution in [0.25, 0.3) is 0 Å². The van der Waals surface area contributed by atoms with E-state index in [0.29, 0.717) is 6.61 Å². The maximum Gasteiger partial charge on any atom is 0.335 e. The summed E-state index contributed by atoms with van der Waals surface area (Å²) in [6.45, 7) is 3.56. The molecule has 1 atom stereocenters. The van der Waals surface area contributed by atoms with Crippen molar-refractivity contribution in [2.24, 2.45) is 11.8 Å². The molecule has 0 saturated heterocycles. The number of aliphatic hydroxyl groups excluding tert-OH is 1. The highest BCUT2D eigenvalue weighted by molar-refractivity contribution is 5.87. The first-order valence-electron chi connectivity index (χ1n) is 11.7. The van der Waals surface area contributed by atoms with Gasteiger partial charge in [0.15, 0.2) is 0 Å². The zero-order valence-corrected chi connectivity index (χ0v) is 19.0. The van der Waals surface area contributed by atoms with Crippen LogP contribution < -0.4 is 0 Å². The number of carbonyl (C=O) groups is 1. The first-order chi connectivity index (χ1) is 15.1. The van der Waals surface area contributed by atoms with Crippen molar-refractivity contribution < 1.29 is 23.8 Å². The molecule has 2 rings (SSSR count). The Bertz CT molecular complexity index is 650. The van der Waals surface area contributed by atoms with Crippen LogP contribution in [0.2, 0.25) is 0 Å². The van der Waals surface area contributed by atoms with Gasteiger partial charge in [-0.2, -0.15) is 0 Å². The monoisotopic (exact) mass is 434 g/mol. The molecular weight excluding hydrogens is 395 g/mol. The van der Waals surface area contributed by atoms with Gasteiger partial charge in [-0.1, -0.05) is 69.4 Å². The Morgan fingerprint density at radius 2 is 1.74 bits per heavy atom. The van der Waals surface area contributed by atoms with Crippen LogP contribution in [0.1, 0.15) is 68.4 Å². The molecule has 0 heterocycles. The molecule has 1 saturated carbocycles.